The minimum Gasteiger partial charge on any atom is -0.493 e. The van der Waals surface area contributed by atoms with Crippen LogP contribution in [0.5, 0.6) is 17.2 Å². The molecule has 0 aliphatic heterocycles. The van der Waals surface area contributed by atoms with Crippen molar-refractivity contribution in [2.75, 3.05) is 27.9 Å². The van der Waals surface area contributed by atoms with Crippen molar-refractivity contribution in [1.29, 1.82) is 0 Å². The highest BCUT2D eigenvalue weighted by atomic mass is 16.5. The summed E-state index contributed by atoms with van der Waals surface area (Å²) < 4.78 is 16.1. The van der Waals surface area contributed by atoms with Crippen LogP contribution in [0.1, 0.15) is 22.6 Å². The molecule has 0 saturated heterocycles. The number of hydrogen-bond donors (Lipinski definition) is 1. The van der Waals surface area contributed by atoms with E-state index in [9.17, 15) is 4.79 Å². The first-order valence-electron chi connectivity index (χ1n) is 10.0. The third-order valence-corrected chi connectivity index (χ3v) is 5.00. The van der Waals surface area contributed by atoms with Gasteiger partial charge in [-0.3, -0.25) is 4.79 Å². The van der Waals surface area contributed by atoms with Crippen molar-refractivity contribution >= 4 is 12.0 Å². The maximum Gasteiger partial charge on any atom is 0.244 e. The first-order valence-corrected chi connectivity index (χ1v) is 10.0. The van der Waals surface area contributed by atoms with Crippen molar-refractivity contribution in [3.8, 4) is 17.2 Å². The fraction of sp³-hybridized carbons (Fsp3) is 0.192. The van der Waals surface area contributed by atoms with Gasteiger partial charge < -0.3 is 19.5 Å². The van der Waals surface area contributed by atoms with Gasteiger partial charge in [-0.25, -0.2) is 0 Å². The van der Waals surface area contributed by atoms with Crippen LogP contribution in [0.25, 0.3) is 6.08 Å². The molecule has 0 saturated carbocycles. The lowest BCUT2D eigenvalue weighted by atomic mass is 9.91. The third kappa shape index (κ3) is 5.66. The maximum absolute atomic E-state index is 12.5. The molecule has 3 aromatic rings. The van der Waals surface area contributed by atoms with Crippen molar-refractivity contribution < 1.29 is 19.0 Å². The quantitative estimate of drug-likeness (QED) is 0.514. The highest BCUT2D eigenvalue weighted by Crippen LogP contribution is 2.38. The van der Waals surface area contributed by atoms with Gasteiger partial charge in [-0.2, -0.15) is 0 Å². The first kappa shape index (κ1) is 22.0. The van der Waals surface area contributed by atoms with Gasteiger partial charge in [0, 0.05) is 18.5 Å². The van der Waals surface area contributed by atoms with Crippen molar-refractivity contribution in [3.63, 3.8) is 0 Å². The van der Waals surface area contributed by atoms with E-state index in [1.165, 1.54) is 6.08 Å². The Morgan fingerprint density at radius 1 is 0.839 bits per heavy atom. The second kappa shape index (κ2) is 10.9. The normalized spacial score (nSPS) is 10.8. The largest absolute Gasteiger partial charge is 0.493 e. The first-order chi connectivity index (χ1) is 15.2. The van der Waals surface area contributed by atoms with Crippen molar-refractivity contribution in [2.45, 2.75) is 5.92 Å². The summed E-state index contributed by atoms with van der Waals surface area (Å²) in [4.78, 5) is 12.5. The Balaban J connectivity index is 1.73. The zero-order valence-electron chi connectivity index (χ0n) is 18.0. The topological polar surface area (TPSA) is 56.8 Å². The van der Waals surface area contributed by atoms with E-state index in [1.807, 2.05) is 36.4 Å². The van der Waals surface area contributed by atoms with Crippen molar-refractivity contribution in [1.82, 2.24) is 5.32 Å². The number of amides is 1. The van der Waals surface area contributed by atoms with Crippen LogP contribution in [0.4, 0.5) is 0 Å². The number of nitrogens with one attached hydrogen (secondary N) is 1. The molecule has 31 heavy (non-hydrogen) atoms. The van der Waals surface area contributed by atoms with E-state index in [4.69, 9.17) is 14.2 Å². The number of ether oxygens (including phenoxy) is 3. The second-order valence-corrected chi connectivity index (χ2v) is 6.91. The molecule has 3 rings (SSSR count). The highest BCUT2D eigenvalue weighted by molar-refractivity contribution is 5.92. The van der Waals surface area contributed by atoms with E-state index >= 15 is 0 Å². The Labute approximate surface area is 183 Å². The summed E-state index contributed by atoms with van der Waals surface area (Å²) in [5, 5.41) is 3.02. The Bertz CT molecular complexity index is 952. The zero-order valence-corrected chi connectivity index (χ0v) is 18.0. The van der Waals surface area contributed by atoms with Gasteiger partial charge in [0.2, 0.25) is 11.7 Å². The van der Waals surface area contributed by atoms with Gasteiger partial charge in [-0.1, -0.05) is 60.7 Å². The standard InChI is InChI=1S/C26H27NO4/c1-29-23-16-19(17-24(30-2)26(23)31-3)14-15-25(28)27-18-22(20-10-6-4-7-11-20)21-12-8-5-9-13-21/h4-17,22H,18H2,1-3H3,(H,27,28). The lowest BCUT2D eigenvalue weighted by Crippen LogP contribution is -2.27. The average molecular weight is 418 g/mol. The summed E-state index contributed by atoms with van der Waals surface area (Å²) >= 11 is 0. The van der Waals surface area contributed by atoms with Crippen LogP contribution in [0.3, 0.4) is 0 Å². The van der Waals surface area contributed by atoms with Gasteiger partial charge in [0.15, 0.2) is 11.5 Å². The molecule has 0 aromatic heterocycles. The summed E-state index contributed by atoms with van der Waals surface area (Å²) in [6, 6.07) is 23.9. The molecule has 3 aromatic carbocycles. The molecule has 0 aliphatic carbocycles. The minimum atomic E-state index is -0.175. The van der Waals surface area contributed by atoms with Crippen LogP contribution in [-0.2, 0) is 4.79 Å². The zero-order chi connectivity index (χ0) is 22.1. The molecule has 0 atom stereocenters. The number of methoxy groups -OCH3 is 3. The van der Waals surface area contributed by atoms with Crippen molar-refractivity contribution in [2.24, 2.45) is 0 Å². The lowest BCUT2D eigenvalue weighted by molar-refractivity contribution is -0.116. The van der Waals surface area contributed by atoms with Gasteiger partial charge in [0.1, 0.15) is 0 Å². The Morgan fingerprint density at radius 3 is 1.81 bits per heavy atom. The van der Waals surface area contributed by atoms with E-state index in [1.54, 1.807) is 39.5 Å². The summed E-state index contributed by atoms with van der Waals surface area (Å²) in [5.74, 6) is 1.48. The number of carbonyl (C=O) groups excluding carboxylic acids is 1. The minimum absolute atomic E-state index is 0.0703. The Kier molecular flexibility index (Phi) is 7.71. The van der Waals surface area contributed by atoms with Crippen LogP contribution in [-0.4, -0.2) is 33.8 Å². The van der Waals surface area contributed by atoms with Gasteiger partial charge >= 0.3 is 0 Å². The monoisotopic (exact) mass is 417 g/mol. The lowest BCUT2D eigenvalue weighted by Gasteiger charge is -2.18. The van der Waals surface area contributed by atoms with Gasteiger partial charge in [0.05, 0.1) is 21.3 Å². The molecule has 1 N–H and O–H groups in total. The van der Waals surface area contributed by atoms with E-state index in [2.05, 4.69) is 29.6 Å². The molecule has 1 amide bonds. The average Bonchev–Trinajstić information content (AvgIpc) is 2.83. The Hall–Kier alpha value is -3.73. The molecule has 0 bridgehead atoms. The van der Waals surface area contributed by atoms with Crippen LogP contribution in [0, 0.1) is 0 Å². The molecule has 5 heteroatoms. The van der Waals surface area contributed by atoms with E-state index in [0.29, 0.717) is 23.8 Å². The summed E-state index contributed by atoms with van der Waals surface area (Å²) in [6.07, 6.45) is 3.23. The van der Waals surface area contributed by atoms with E-state index in [0.717, 1.165) is 16.7 Å². The van der Waals surface area contributed by atoms with E-state index < -0.39 is 0 Å². The van der Waals surface area contributed by atoms with Crippen molar-refractivity contribution in [3.05, 3.63) is 95.6 Å². The molecule has 0 heterocycles. The fourth-order valence-corrected chi connectivity index (χ4v) is 3.43. The summed E-state index contributed by atoms with van der Waals surface area (Å²) in [6.45, 7) is 0.493. The summed E-state index contributed by atoms with van der Waals surface area (Å²) in [7, 11) is 4.68. The predicted octanol–water partition coefficient (Wildman–Crippen LogP) is 4.67. The van der Waals surface area contributed by atoms with E-state index in [-0.39, 0.29) is 11.8 Å². The van der Waals surface area contributed by atoms with Crippen LogP contribution >= 0.6 is 0 Å². The Morgan fingerprint density at radius 2 is 1.35 bits per heavy atom. The van der Waals surface area contributed by atoms with Crippen LogP contribution < -0.4 is 19.5 Å². The number of benzene rings is 3. The molecule has 0 radical (unpaired) electrons. The second-order valence-electron chi connectivity index (χ2n) is 6.91. The predicted molar refractivity (Wildman–Crippen MR) is 123 cm³/mol. The molecule has 0 unspecified atom stereocenters. The van der Waals surface area contributed by atoms with Crippen LogP contribution in [0.15, 0.2) is 78.9 Å². The molecule has 160 valence electrons. The van der Waals surface area contributed by atoms with Gasteiger partial charge in [-0.15, -0.1) is 0 Å². The third-order valence-electron chi connectivity index (χ3n) is 5.00. The molecule has 5 nitrogen and oxygen atoms in total. The summed E-state index contributed by atoms with van der Waals surface area (Å²) in [5.41, 5.74) is 3.08. The number of rotatable bonds is 9. The maximum atomic E-state index is 12.5. The van der Waals surface area contributed by atoms with Crippen LogP contribution in [0.2, 0.25) is 0 Å². The smallest absolute Gasteiger partial charge is 0.244 e. The van der Waals surface area contributed by atoms with Gasteiger partial charge in [0.25, 0.3) is 0 Å². The molecule has 0 aliphatic rings. The molecule has 0 spiro atoms. The number of hydrogen-bond acceptors (Lipinski definition) is 4. The fourth-order valence-electron chi connectivity index (χ4n) is 3.43. The number of carbonyl (C=O) groups is 1. The molecular weight excluding hydrogens is 390 g/mol. The molecule has 0 fully saturated rings. The van der Waals surface area contributed by atoms with Gasteiger partial charge in [-0.05, 0) is 34.9 Å². The highest BCUT2D eigenvalue weighted by Gasteiger charge is 2.15. The molecular formula is C26H27NO4. The SMILES string of the molecule is COc1cc(C=CC(=O)NCC(c2ccccc2)c2ccccc2)cc(OC)c1OC.